The van der Waals surface area contributed by atoms with Gasteiger partial charge in [-0.15, -0.1) is 0 Å². The molecule has 4 aromatic rings. The van der Waals surface area contributed by atoms with Crippen LogP contribution in [0.2, 0.25) is 5.02 Å². The lowest BCUT2D eigenvalue weighted by Crippen LogP contribution is -2.43. The molecule has 1 aromatic carbocycles. The number of nitrogens with one attached hydrogen (secondary N) is 2. The van der Waals surface area contributed by atoms with Gasteiger partial charge in [0, 0.05) is 83.1 Å². The van der Waals surface area contributed by atoms with Crippen LogP contribution >= 0.6 is 11.6 Å². The van der Waals surface area contributed by atoms with Crippen LogP contribution in [0, 0.1) is 5.82 Å². The van der Waals surface area contributed by atoms with E-state index in [1.807, 2.05) is 11.8 Å². The zero-order chi connectivity index (χ0) is 27.0. The zero-order valence-corrected chi connectivity index (χ0v) is 22.6. The number of piperazine rings is 1. The lowest BCUT2D eigenvalue weighted by Gasteiger charge is -2.29. The van der Waals surface area contributed by atoms with Gasteiger partial charge >= 0.3 is 0 Å². The number of anilines is 3. The molecule has 1 atom stereocenters. The molecular formula is C26H27ClFN7O2S. The average Bonchev–Trinajstić information content (AvgIpc) is 2.89. The van der Waals surface area contributed by atoms with Gasteiger partial charge in [0.2, 0.25) is 5.95 Å². The van der Waals surface area contributed by atoms with E-state index in [9.17, 15) is 13.4 Å². The van der Waals surface area contributed by atoms with Crippen LogP contribution in [0.1, 0.15) is 6.92 Å². The summed E-state index contributed by atoms with van der Waals surface area (Å²) in [5, 5.41) is 7.41. The summed E-state index contributed by atoms with van der Waals surface area (Å²) in [6.45, 7) is 5.28. The minimum Gasteiger partial charge on any atom is -0.367 e. The lowest BCUT2D eigenvalue weighted by atomic mass is 10.1. The highest BCUT2D eigenvalue weighted by Gasteiger charge is 2.18. The first-order chi connectivity index (χ1) is 18.2. The number of aryl methyl sites for hydroxylation is 1. The number of hydrogen-bond donors (Lipinski definition) is 2. The standard InChI is InChI=1S/C26H27ClFN7O2S/c1-4-35-24-16(11-19(25(35)36)18-13-23(38(2,3)37)30-15-20(18)27)14-31-26(33-24)32-17-5-6-22(21(28)12-17)34-9-7-29-8-10-34/h5-6,11-15,29H,2,4,7-10H2,1,3H3,(H,31,32,33). The van der Waals surface area contributed by atoms with Gasteiger partial charge in [-0.25, -0.2) is 14.4 Å². The van der Waals surface area contributed by atoms with E-state index >= 15 is 0 Å². The topological polar surface area (TPSA) is 105 Å². The predicted octanol–water partition coefficient (Wildman–Crippen LogP) is 3.52. The molecule has 3 aromatic heterocycles. The highest BCUT2D eigenvalue weighted by Crippen LogP contribution is 2.29. The first-order valence-corrected chi connectivity index (χ1v) is 14.6. The Labute approximate surface area is 224 Å². The Morgan fingerprint density at radius 3 is 2.61 bits per heavy atom. The monoisotopic (exact) mass is 555 g/mol. The molecule has 0 saturated carbocycles. The van der Waals surface area contributed by atoms with E-state index in [-0.39, 0.29) is 27.4 Å². The molecule has 5 rings (SSSR count). The fraction of sp³-hybridized carbons (Fsp3) is 0.269. The van der Waals surface area contributed by atoms with Crippen LogP contribution in [0.15, 0.2) is 52.5 Å². The van der Waals surface area contributed by atoms with E-state index in [0.29, 0.717) is 40.1 Å². The molecule has 0 amide bonds. The smallest absolute Gasteiger partial charge is 0.260 e. The third kappa shape index (κ3) is 5.09. The fourth-order valence-electron chi connectivity index (χ4n) is 4.44. The Morgan fingerprint density at radius 1 is 1.16 bits per heavy atom. The van der Waals surface area contributed by atoms with Crippen LogP contribution in [0.4, 0.5) is 21.7 Å². The second kappa shape index (κ2) is 10.3. The lowest BCUT2D eigenvalue weighted by molar-refractivity contribution is 0.566. The molecule has 12 heteroatoms. The van der Waals surface area contributed by atoms with Crippen LogP contribution in [0.5, 0.6) is 0 Å². The Morgan fingerprint density at radius 2 is 1.92 bits per heavy atom. The summed E-state index contributed by atoms with van der Waals surface area (Å²) in [7, 11) is -2.61. The Hall–Kier alpha value is -3.54. The van der Waals surface area contributed by atoms with E-state index in [2.05, 4.69) is 31.5 Å². The summed E-state index contributed by atoms with van der Waals surface area (Å²) in [4.78, 5) is 28.6. The predicted molar refractivity (Wildman–Crippen MR) is 152 cm³/mol. The van der Waals surface area contributed by atoms with Gasteiger partial charge in [-0.1, -0.05) is 11.6 Å². The number of pyridine rings is 2. The van der Waals surface area contributed by atoms with Crippen molar-refractivity contribution >= 4 is 55.3 Å². The number of rotatable bonds is 6. The number of fused-ring (bicyclic) bond motifs is 1. The molecular weight excluding hydrogens is 529 g/mol. The highest BCUT2D eigenvalue weighted by atomic mass is 35.5. The van der Waals surface area contributed by atoms with E-state index in [1.165, 1.54) is 29.2 Å². The maximum atomic E-state index is 14.9. The van der Waals surface area contributed by atoms with Crippen molar-refractivity contribution in [3.05, 3.63) is 63.9 Å². The number of hydrogen-bond acceptors (Lipinski definition) is 8. The summed E-state index contributed by atoms with van der Waals surface area (Å²) in [5.41, 5.74) is 1.87. The fourth-order valence-corrected chi connectivity index (χ4v) is 5.29. The first kappa shape index (κ1) is 26.1. The molecule has 198 valence electrons. The van der Waals surface area contributed by atoms with Gasteiger partial charge in [0.1, 0.15) is 16.5 Å². The Bertz CT molecular complexity index is 1700. The molecule has 2 N–H and O–H groups in total. The second-order valence-corrected chi connectivity index (χ2v) is 12.0. The number of halogens is 2. The number of benzene rings is 1. The van der Waals surface area contributed by atoms with Crippen LogP contribution in [-0.4, -0.2) is 62.0 Å². The maximum absolute atomic E-state index is 14.9. The van der Waals surface area contributed by atoms with Crippen LogP contribution in [0.3, 0.4) is 0 Å². The van der Waals surface area contributed by atoms with Gasteiger partial charge in [0.15, 0.2) is 0 Å². The summed E-state index contributed by atoms with van der Waals surface area (Å²) in [6.07, 6.45) is 4.44. The molecule has 0 radical (unpaired) electrons. The minimum atomic E-state index is -2.61. The van der Waals surface area contributed by atoms with Crippen LogP contribution in [0.25, 0.3) is 22.2 Å². The Kier molecular flexibility index (Phi) is 7.08. The second-order valence-electron chi connectivity index (χ2n) is 9.12. The highest BCUT2D eigenvalue weighted by molar-refractivity contribution is 7.99. The van der Waals surface area contributed by atoms with Gasteiger partial charge in [0.25, 0.3) is 5.56 Å². The van der Waals surface area contributed by atoms with Gasteiger partial charge in [-0.3, -0.25) is 13.6 Å². The third-order valence-electron chi connectivity index (χ3n) is 6.37. The van der Waals surface area contributed by atoms with Crippen LogP contribution < -0.4 is 21.1 Å². The van der Waals surface area contributed by atoms with E-state index < -0.39 is 9.52 Å². The molecule has 4 heterocycles. The SMILES string of the molecule is C=S(C)(=O)c1cc(-c2cc3cnc(Nc4ccc(N5CCNCC5)c(F)c4)nc3n(CC)c2=O)c(Cl)cn1. The quantitative estimate of drug-likeness (QED) is 0.348. The molecule has 9 nitrogen and oxygen atoms in total. The summed E-state index contributed by atoms with van der Waals surface area (Å²) in [5.74, 6) is 3.57. The van der Waals surface area contributed by atoms with Gasteiger partial charge in [0.05, 0.1) is 10.7 Å². The normalized spacial score (nSPS) is 15.4. The van der Waals surface area contributed by atoms with Crippen molar-refractivity contribution in [3.63, 3.8) is 0 Å². The molecule has 1 unspecified atom stereocenters. The summed E-state index contributed by atoms with van der Waals surface area (Å²) < 4.78 is 28.8. The molecule has 1 aliphatic rings. The van der Waals surface area contributed by atoms with Gasteiger partial charge in [-0.05, 0) is 43.1 Å². The van der Waals surface area contributed by atoms with Crippen molar-refractivity contribution < 1.29 is 8.60 Å². The first-order valence-electron chi connectivity index (χ1n) is 12.1. The van der Waals surface area contributed by atoms with Crippen molar-refractivity contribution in [2.45, 2.75) is 18.5 Å². The third-order valence-corrected chi connectivity index (χ3v) is 7.78. The maximum Gasteiger partial charge on any atom is 0.260 e. The van der Waals surface area contributed by atoms with E-state index in [1.54, 1.807) is 24.4 Å². The largest absolute Gasteiger partial charge is 0.367 e. The minimum absolute atomic E-state index is 0.230. The van der Waals surface area contributed by atoms with Crippen molar-refractivity contribution in [1.82, 2.24) is 24.8 Å². The number of aromatic nitrogens is 4. The van der Waals surface area contributed by atoms with E-state index in [0.717, 1.165) is 26.2 Å². The zero-order valence-electron chi connectivity index (χ0n) is 21.0. The van der Waals surface area contributed by atoms with Crippen molar-refractivity contribution in [2.24, 2.45) is 0 Å². The molecule has 1 saturated heterocycles. The summed E-state index contributed by atoms with van der Waals surface area (Å²) in [6, 6.07) is 8.13. The Balaban J connectivity index is 1.51. The average molecular weight is 556 g/mol. The van der Waals surface area contributed by atoms with Gasteiger partial charge in [-0.2, -0.15) is 4.98 Å². The molecule has 0 spiro atoms. The molecule has 1 fully saturated rings. The molecule has 1 aliphatic heterocycles. The van der Waals surface area contributed by atoms with Crippen molar-refractivity contribution in [2.75, 3.05) is 42.7 Å². The van der Waals surface area contributed by atoms with E-state index in [4.69, 9.17) is 11.6 Å². The molecule has 38 heavy (non-hydrogen) atoms. The van der Waals surface area contributed by atoms with Crippen molar-refractivity contribution in [3.8, 4) is 11.1 Å². The van der Waals surface area contributed by atoms with Crippen LogP contribution in [-0.2, 0) is 16.1 Å². The molecule has 0 bridgehead atoms. The van der Waals surface area contributed by atoms with Gasteiger partial charge < -0.3 is 15.5 Å². The molecule has 0 aliphatic carbocycles. The van der Waals surface area contributed by atoms with Crippen molar-refractivity contribution in [1.29, 1.82) is 0 Å². The summed E-state index contributed by atoms with van der Waals surface area (Å²) >= 11 is 6.39. The number of nitrogens with zero attached hydrogens (tertiary/aromatic N) is 5.